The topological polar surface area (TPSA) is 64.4 Å². The Labute approximate surface area is 94.6 Å². The fraction of sp³-hybridized carbons (Fsp3) is 0.455. The summed E-state index contributed by atoms with van der Waals surface area (Å²) in [5, 5.41) is 13.8. The van der Waals surface area contributed by atoms with Gasteiger partial charge in [-0.05, 0) is 25.0 Å². The first-order chi connectivity index (χ1) is 7.65. The van der Waals surface area contributed by atoms with Crippen molar-refractivity contribution in [3.8, 4) is 0 Å². The maximum atomic E-state index is 10.8. The van der Waals surface area contributed by atoms with Crippen LogP contribution >= 0.6 is 0 Å². The van der Waals surface area contributed by atoms with Crippen molar-refractivity contribution in [1.29, 1.82) is 0 Å². The quantitative estimate of drug-likeness (QED) is 0.457. The molecule has 0 amide bonds. The van der Waals surface area contributed by atoms with E-state index in [4.69, 9.17) is 4.74 Å². The first-order valence-electron chi connectivity index (χ1n) is 5.13. The Bertz CT molecular complexity index is 366. The Hall–Kier alpha value is -1.62. The maximum absolute atomic E-state index is 10.8. The number of benzene rings is 1. The minimum atomic E-state index is -0.377. The third-order valence-corrected chi connectivity index (χ3v) is 2.19. The Morgan fingerprint density at radius 2 is 2.25 bits per heavy atom. The van der Waals surface area contributed by atoms with E-state index in [1.54, 1.807) is 19.2 Å². The third kappa shape index (κ3) is 3.51. The molecule has 0 saturated heterocycles. The van der Waals surface area contributed by atoms with Gasteiger partial charge in [0, 0.05) is 26.3 Å². The zero-order valence-electron chi connectivity index (χ0n) is 9.53. The molecule has 0 aliphatic carbocycles. The van der Waals surface area contributed by atoms with E-state index >= 15 is 0 Å². The molecule has 0 bridgehead atoms. The first kappa shape index (κ1) is 12.4. The van der Waals surface area contributed by atoms with Crippen molar-refractivity contribution in [2.45, 2.75) is 13.3 Å². The van der Waals surface area contributed by atoms with E-state index in [-0.39, 0.29) is 10.6 Å². The van der Waals surface area contributed by atoms with Crippen LogP contribution in [0.4, 0.5) is 11.4 Å². The molecule has 5 nitrogen and oxygen atoms in total. The number of nitrogens with one attached hydrogen (secondary N) is 1. The van der Waals surface area contributed by atoms with Gasteiger partial charge in [-0.3, -0.25) is 10.1 Å². The molecule has 1 aromatic rings. The predicted molar refractivity (Wildman–Crippen MR) is 62.8 cm³/mol. The molecule has 0 spiro atoms. The van der Waals surface area contributed by atoms with Crippen LogP contribution in [0.1, 0.15) is 12.0 Å². The van der Waals surface area contributed by atoms with Crippen LogP contribution in [-0.4, -0.2) is 25.2 Å². The highest BCUT2D eigenvalue weighted by Gasteiger charge is 2.12. The van der Waals surface area contributed by atoms with Gasteiger partial charge in [0.05, 0.1) is 4.92 Å². The van der Waals surface area contributed by atoms with Gasteiger partial charge in [0.25, 0.3) is 5.69 Å². The monoisotopic (exact) mass is 224 g/mol. The number of hydrogen-bond donors (Lipinski definition) is 1. The lowest BCUT2D eigenvalue weighted by Crippen LogP contribution is -2.06. The molecule has 0 heterocycles. The molecule has 1 N–H and O–H groups in total. The van der Waals surface area contributed by atoms with Gasteiger partial charge >= 0.3 is 0 Å². The zero-order chi connectivity index (χ0) is 12.0. The summed E-state index contributed by atoms with van der Waals surface area (Å²) in [6.07, 6.45) is 0.821. The maximum Gasteiger partial charge on any atom is 0.292 e. The average Bonchev–Trinajstić information content (AvgIpc) is 2.24. The van der Waals surface area contributed by atoms with Crippen molar-refractivity contribution < 1.29 is 9.66 Å². The van der Waals surface area contributed by atoms with E-state index in [1.165, 1.54) is 6.07 Å². The molecule has 5 heteroatoms. The Morgan fingerprint density at radius 3 is 2.88 bits per heavy atom. The van der Waals surface area contributed by atoms with Crippen molar-refractivity contribution in [2.24, 2.45) is 0 Å². The predicted octanol–water partition coefficient (Wildman–Crippen LogP) is 2.35. The number of rotatable bonds is 6. The molecular formula is C11H16N2O3. The molecule has 1 aromatic carbocycles. The molecule has 0 saturated carbocycles. The second kappa shape index (κ2) is 6.07. The summed E-state index contributed by atoms with van der Waals surface area (Å²) < 4.78 is 4.91. The van der Waals surface area contributed by atoms with Gasteiger partial charge in [0.1, 0.15) is 5.69 Å². The lowest BCUT2D eigenvalue weighted by atomic mass is 10.2. The van der Waals surface area contributed by atoms with Gasteiger partial charge in [-0.2, -0.15) is 0 Å². The van der Waals surface area contributed by atoms with Crippen LogP contribution in [0.2, 0.25) is 0 Å². The Morgan fingerprint density at radius 1 is 1.50 bits per heavy atom. The lowest BCUT2D eigenvalue weighted by Gasteiger charge is -2.07. The van der Waals surface area contributed by atoms with Gasteiger partial charge in [-0.15, -0.1) is 0 Å². The molecule has 0 aliphatic rings. The van der Waals surface area contributed by atoms with Crippen LogP contribution in [0.25, 0.3) is 0 Å². The number of nitro benzene ring substituents is 1. The fourth-order valence-electron chi connectivity index (χ4n) is 1.39. The van der Waals surface area contributed by atoms with Crippen LogP contribution in [0, 0.1) is 17.0 Å². The molecular weight excluding hydrogens is 208 g/mol. The van der Waals surface area contributed by atoms with Crippen molar-refractivity contribution in [3.05, 3.63) is 33.9 Å². The highest BCUT2D eigenvalue weighted by molar-refractivity contribution is 5.62. The Balaban J connectivity index is 2.68. The van der Waals surface area contributed by atoms with Gasteiger partial charge in [-0.1, -0.05) is 6.07 Å². The van der Waals surface area contributed by atoms with E-state index in [0.29, 0.717) is 18.8 Å². The fourth-order valence-corrected chi connectivity index (χ4v) is 1.39. The molecule has 0 unspecified atom stereocenters. The molecule has 0 atom stereocenters. The molecule has 88 valence electrons. The molecule has 0 fully saturated rings. The standard InChI is InChI=1S/C11H16N2O3/c1-9-4-5-11(13(14)15)10(8-9)12-6-3-7-16-2/h4-5,8,12H,3,6-7H2,1-2H3. The number of nitro groups is 1. The summed E-state index contributed by atoms with van der Waals surface area (Å²) in [6, 6.07) is 5.04. The smallest absolute Gasteiger partial charge is 0.292 e. The summed E-state index contributed by atoms with van der Waals surface area (Å²) in [5.41, 5.74) is 1.68. The van der Waals surface area contributed by atoms with E-state index in [2.05, 4.69) is 5.32 Å². The van der Waals surface area contributed by atoms with Crippen molar-refractivity contribution in [2.75, 3.05) is 25.6 Å². The first-order valence-corrected chi connectivity index (χ1v) is 5.13. The van der Waals surface area contributed by atoms with E-state index in [0.717, 1.165) is 12.0 Å². The highest BCUT2D eigenvalue weighted by Crippen LogP contribution is 2.24. The van der Waals surface area contributed by atoms with Gasteiger partial charge in [0.15, 0.2) is 0 Å². The minimum absolute atomic E-state index is 0.114. The summed E-state index contributed by atoms with van der Waals surface area (Å²) in [4.78, 5) is 10.4. The van der Waals surface area contributed by atoms with Crippen LogP contribution in [-0.2, 0) is 4.74 Å². The van der Waals surface area contributed by atoms with E-state index < -0.39 is 0 Å². The van der Waals surface area contributed by atoms with Crippen molar-refractivity contribution in [3.63, 3.8) is 0 Å². The number of hydrogen-bond acceptors (Lipinski definition) is 4. The molecule has 0 radical (unpaired) electrons. The van der Waals surface area contributed by atoms with Crippen LogP contribution in [0.15, 0.2) is 18.2 Å². The molecule has 0 aliphatic heterocycles. The molecule has 16 heavy (non-hydrogen) atoms. The van der Waals surface area contributed by atoms with Crippen LogP contribution < -0.4 is 5.32 Å². The van der Waals surface area contributed by atoms with E-state index in [1.807, 2.05) is 6.92 Å². The molecule has 0 aromatic heterocycles. The van der Waals surface area contributed by atoms with Crippen LogP contribution in [0.5, 0.6) is 0 Å². The third-order valence-electron chi connectivity index (χ3n) is 2.19. The SMILES string of the molecule is COCCCNc1cc(C)ccc1[N+](=O)[O-]. The summed E-state index contributed by atoms with van der Waals surface area (Å²) in [7, 11) is 1.63. The van der Waals surface area contributed by atoms with E-state index in [9.17, 15) is 10.1 Å². The second-order valence-electron chi connectivity index (χ2n) is 3.55. The lowest BCUT2D eigenvalue weighted by molar-refractivity contribution is -0.384. The molecule has 1 rings (SSSR count). The number of aryl methyl sites for hydroxylation is 1. The Kier molecular flexibility index (Phi) is 4.72. The zero-order valence-corrected chi connectivity index (χ0v) is 9.53. The minimum Gasteiger partial charge on any atom is -0.385 e. The number of ether oxygens (including phenoxy) is 1. The van der Waals surface area contributed by atoms with Gasteiger partial charge < -0.3 is 10.1 Å². The van der Waals surface area contributed by atoms with Gasteiger partial charge in [-0.25, -0.2) is 0 Å². The van der Waals surface area contributed by atoms with Crippen LogP contribution in [0.3, 0.4) is 0 Å². The van der Waals surface area contributed by atoms with Crippen molar-refractivity contribution >= 4 is 11.4 Å². The largest absolute Gasteiger partial charge is 0.385 e. The highest BCUT2D eigenvalue weighted by atomic mass is 16.6. The number of nitrogens with zero attached hydrogens (tertiary/aromatic N) is 1. The second-order valence-corrected chi connectivity index (χ2v) is 3.55. The number of methoxy groups -OCH3 is 1. The normalized spacial score (nSPS) is 10.1. The summed E-state index contributed by atoms with van der Waals surface area (Å²) in [6.45, 7) is 3.22. The van der Waals surface area contributed by atoms with Crippen molar-refractivity contribution in [1.82, 2.24) is 0 Å². The van der Waals surface area contributed by atoms with Gasteiger partial charge in [0.2, 0.25) is 0 Å². The number of anilines is 1. The summed E-state index contributed by atoms with van der Waals surface area (Å²) >= 11 is 0. The average molecular weight is 224 g/mol. The summed E-state index contributed by atoms with van der Waals surface area (Å²) in [5.74, 6) is 0.